The average molecular weight is 311 g/mol. The van der Waals surface area contributed by atoms with Crippen LogP contribution in [0.4, 0.5) is 0 Å². The average Bonchev–Trinajstić information content (AvgIpc) is 2.52. The van der Waals surface area contributed by atoms with Gasteiger partial charge in [-0.3, -0.25) is 4.79 Å². The third-order valence-corrected chi connectivity index (χ3v) is 3.92. The van der Waals surface area contributed by atoms with Crippen LogP contribution in [0.15, 0.2) is 29.4 Å². The van der Waals surface area contributed by atoms with Crippen molar-refractivity contribution in [1.29, 1.82) is 0 Å². The van der Waals surface area contributed by atoms with Gasteiger partial charge in [0, 0.05) is 30.5 Å². The summed E-state index contributed by atoms with van der Waals surface area (Å²) >= 11 is 5.87. The minimum absolute atomic E-state index is 0.0115. The Hall–Kier alpha value is -1.75. The Bertz CT molecular complexity index is 533. The fraction of sp³-hybridized carbons (Fsp3) is 0.467. The Labute approximate surface area is 129 Å². The van der Waals surface area contributed by atoms with Crippen LogP contribution < -0.4 is 4.74 Å². The standard InChI is InChI=1S/C15H19ClN2O3/c1-2-11-9-18(7-6-14(11)17-20)15(19)10-21-13-5-3-4-12(16)8-13/h3-5,8,11,20H,2,6-7,9-10H2,1H3/b17-14+. The fourth-order valence-electron chi connectivity index (χ4n) is 2.43. The minimum Gasteiger partial charge on any atom is -0.484 e. The molecule has 1 aromatic rings. The van der Waals surface area contributed by atoms with E-state index in [2.05, 4.69) is 5.16 Å². The molecule has 1 atom stereocenters. The Morgan fingerprint density at radius 3 is 3.05 bits per heavy atom. The first kappa shape index (κ1) is 15.6. The number of hydrogen-bond donors (Lipinski definition) is 1. The van der Waals surface area contributed by atoms with E-state index in [-0.39, 0.29) is 18.4 Å². The monoisotopic (exact) mass is 310 g/mol. The van der Waals surface area contributed by atoms with Crippen LogP contribution in [0.1, 0.15) is 19.8 Å². The molecule has 1 aliphatic heterocycles. The maximum atomic E-state index is 12.2. The zero-order valence-corrected chi connectivity index (χ0v) is 12.7. The van der Waals surface area contributed by atoms with Crippen molar-refractivity contribution in [3.8, 4) is 5.75 Å². The zero-order chi connectivity index (χ0) is 15.2. The van der Waals surface area contributed by atoms with Gasteiger partial charge in [-0.25, -0.2) is 0 Å². The smallest absolute Gasteiger partial charge is 0.260 e. The topological polar surface area (TPSA) is 62.1 Å². The van der Waals surface area contributed by atoms with Crippen LogP contribution >= 0.6 is 11.6 Å². The van der Waals surface area contributed by atoms with Gasteiger partial charge in [0.05, 0.1) is 5.71 Å². The van der Waals surface area contributed by atoms with Crippen molar-refractivity contribution in [3.05, 3.63) is 29.3 Å². The van der Waals surface area contributed by atoms with Crippen LogP contribution in [0.5, 0.6) is 5.75 Å². The Kier molecular flexibility index (Phi) is 5.44. The van der Waals surface area contributed by atoms with Crippen molar-refractivity contribution < 1.29 is 14.7 Å². The van der Waals surface area contributed by atoms with E-state index in [0.717, 1.165) is 12.1 Å². The molecule has 1 aliphatic rings. The molecule has 6 heteroatoms. The summed E-state index contributed by atoms with van der Waals surface area (Å²) in [6.45, 7) is 3.15. The number of amides is 1. The van der Waals surface area contributed by atoms with Gasteiger partial charge in [-0.2, -0.15) is 0 Å². The molecule has 0 aromatic heterocycles. The number of hydrogen-bond acceptors (Lipinski definition) is 4. The number of piperidine rings is 1. The lowest BCUT2D eigenvalue weighted by Gasteiger charge is -2.32. The van der Waals surface area contributed by atoms with Gasteiger partial charge in [-0.05, 0) is 24.6 Å². The largest absolute Gasteiger partial charge is 0.484 e. The van der Waals surface area contributed by atoms with Gasteiger partial charge in [0.15, 0.2) is 6.61 Å². The van der Waals surface area contributed by atoms with Crippen LogP contribution in [-0.2, 0) is 4.79 Å². The predicted octanol–water partition coefficient (Wildman–Crippen LogP) is 2.81. The molecular weight excluding hydrogens is 292 g/mol. The number of rotatable bonds is 4. The SMILES string of the molecule is CCC1CN(C(=O)COc2cccc(Cl)c2)CC/C1=N\O. The van der Waals surface area contributed by atoms with E-state index >= 15 is 0 Å². The Morgan fingerprint density at radius 1 is 1.57 bits per heavy atom. The number of carbonyl (C=O) groups excluding carboxylic acids is 1. The van der Waals surface area contributed by atoms with Crippen molar-refractivity contribution in [2.45, 2.75) is 19.8 Å². The molecule has 114 valence electrons. The molecule has 21 heavy (non-hydrogen) atoms. The Morgan fingerprint density at radius 2 is 2.38 bits per heavy atom. The second-order valence-electron chi connectivity index (χ2n) is 5.03. The van der Waals surface area contributed by atoms with Crippen LogP contribution in [0, 0.1) is 5.92 Å². The fourth-order valence-corrected chi connectivity index (χ4v) is 2.61. The van der Waals surface area contributed by atoms with Gasteiger partial charge in [0.25, 0.3) is 5.91 Å². The van der Waals surface area contributed by atoms with E-state index in [9.17, 15) is 4.79 Å². The van der Waals surface area contributed by atoms with E-state index in [4.69, 9.17) is 21.5 Å². The van der Waals surface area contributed by atoms with Crippen molar-refractivity contribution >= 4 is 23.2 Å². The molecule has 5 nitrogen and oxygen atoms in total. The number of nitrogens with zero attached hydrogens (tertiary/aromatic N) is 2. The van der Waals surface area contributed by atoms with Gasteiger partial charge in [0.1, 0.15) is 5.75 Å². The highest BCUT2D eigenvalue weighted by atomic mass is 35.5. The summed E-state index contributed by atoms with van der Waals surface area (Å²) < 4.78 is 5.47. The quantitative estimate of drug-likeness (QED) is 0.687. The number of ether oxygens (including phenoxy) is 1. The molecule has 1 aromatic carbocycles. The van der Waals surface area contributed by atoms with Crippen LogP contribution in [0.25, 0.3) is 0 Å². The number of halogens is 1. The van der Waals surface area contributed by atoms with E-state index < -0.39 is 0 Å². The summed E-state index contributed by atoms with van der Waals surface area (Å²) in [6.07, 6.45) is 1.45. The molecule has 1 fully saturated rings. The molecule has 1 saturated heterocycles. The highest BCUT2D eigenvalue weighted by Gasteiger charge is 2.27. The molecule has 0 bridgehead atoms. The maximum absolute atomic E-state index is 12.2. The van der Waals surface area contributed by atoms with Gasteiger partial charge in [-0.1, -0.05) is 29.7 Å². The van der Waals surface area contributed by atoms with Crippen LogP contribution in [0.2, 0.25) is 5.02 Å². The lowest BCUT2D eigenvalue weighted by atomic mass is 9.93. The maximum Gasteiger partial charge on any atom is 0.260 e. The number of likely N-dealkylation sites (tertiary alicyclic amines) is 1. The predicted molar refractivity (Wildman–Crippen MR) is 81.1 cm³/mol. The van der Waals surface area contributed by atoms with Crippen molar-refractivity contribution in [2.24, 2.45) is 11.1 Å². The first-order valence-electron chi connectivity index (χ1n) is 7.01. The summed E-state index contributed by atoms with van der Waals surface area (Å²) in [7, 11) is 0. The summed E-state index contributed by atoms with van der Waals surface area (Å²) in [6, 6.07) is 6.97. The minimum atomic E-state index is -0.0644. The second kappa shape index (κ2) is 7.31. The first-order chi connectivity index (χ1) is 10.1. The van der Waals surface area contributed by atoms with E-state index in [1.807, 2.05) is 6.92 Å². The molecule has 2 rings (SSSR count). The molecular formula is C15H19ClN2O3. The van der Waals surface area contributed by atoms with Crippen molar-refractivity contribution in [1.82, 2.24) is 4.90 Å². The lowest BCUT2D eigenvalue weighted by Crippen LogP contribution is -2.45. The summed E-state index contributed by atoms with van der Waals surface area (Å²) in [5.41, 5.74) is 0.775. The van der Waals surface area contributed by atoms with E-state index in [1.54, 1.807) is 29.2 Å². The highest BCUT2D eigenvalue weighted by Crippen LogP contribution is 2.19. The molecule has 1 amide bonds. The third-order valence-electron chi connectivity index (χ3n) is 3.68. The van der Waals surface area contributed by atoms with Crippen LogP contribution in [0.3, 0.4) is 0 Å². The number of benzene rings is 1. The van der Waals surface area contributed by atoms with E-state index in [0.29, 0.717) is 30.3 Å². The summed E-state index contributed by atoms with van der Waals surface area (Å²) in [5.74, 6) is 0.641. The van der Waals surface area contributed by atoms with E-state index in [1.165, 1.54) is 0 Å². The second-order valence-corrected chi connectivity index (χ2v) is 5.47. The molecule has 0 radical (unpaired) electrons. The van der Waals surface area contributed by atoms with Crippen LogP contribution in [-0.4, -0.2) is 41.4 Å². The molecule has 0 saturated carbocycles. The van der Waals surface area contributed by atoms with Gasteiger partial charge < -0.3 is 14.8 Å². The normalized spacial score (nSPS) is 20.6. The molecule has 1 N–H and O–H groups in total. The summed E-state index contributed by atoms with van der Waals surface area (Å²) in [4.78, 5) is 13.9. The molecule has 1 heterocycles. The first-order valence-corrected chi connectivity index (χ1v) is 7.38. The zero-order valence-electron chi connectivity index (χ0n) is 12.0. The number of carbonyl (C=O) groups is 1. The van der Waals surface area contributed by atoms with Gasteiger partial charge in [0.2, 0.25) is 0 Å². The number of oxime groups is 1. The summed E-state index contributed by atoms with van der Waals surface area (Å²) in [5, 5.41) is 12.8. The molecule has 1 unspecified atom stereocenters. The highest BCUT2D eigenvalue weighted by molar-refractivity contribution is 6.30. The van der Waals surface area contributed by atoms with Gasteiger partial charge >= 0.3 is 0 Å². The third kappa shape index (κ3) is 4.11. The molecule has 0 spiro atoms. The van der Waals surface area contributed by atoms with Crippen molar-refractivity contribution in [2.75, 3.05) is 19.7 Å². The van der Waals surface area contributed by atoms with Crippen molar-refractivity contribution in [3.63, 3.8) is 0 Å². The van der Waals surface area contributed by atoms with Gasteiger partial charge in [-0.15, -0.1) is 0 Å². The lowest BCUT2D eigenvalue weighted by molar-refractivity contribution is -0.134. The Balaban J connectivity index is 1.89. The molecule has 0 aliphatic carbocycles.